The summed E-state index contributed by atoms with van der Waals surface area (Å²) in [5.41, 5.74) is 6.45. The Morgan fingerprint density at radius 2 is 2.00 bits per heavy atom. The average molecular weight is 247 g/mol. The third kappa shape index (κ3) is 5.05. The van der Waals surface area contributed by atoms with E-state index >= 15 is 0 Å². The van der Waals surface area contributed by atoms with E-state index in [1.54, 1.807) is 6.07 Å². The van der Waals surface area contributed by atoms with Gasteiger partial charge in [0.1, 0.15) is 11.6 Å². The fourth-order valence-corrected chi connectivity index (χ4v) is 1.71. The number of nitrogens with two attached hydrogens (primary N) is 1. The summed E-state index contributed by atoms with van der Waals surface area (Å²) >= 11 is 0. The predicted octanol–water partition coefficient (Wildman–Crippen LogP) is 3.27. The smallest absolute Gasteiger partial charge is 0.231 e. The summed E-state index contributed by atoms with van der Waals surface area (Å²) in [6.45, 7) is 2.82. The van der Waals surface area contributed by atoms with E-state index in [4.69, 9.17) is 15.7 Å². The van der Waals surface area contributed by atoms with Gasteiger partial charge in [0.25, 0.3) is 0 Å². The highest BCUT2D eigenvalue weighted by Crippen LogP contribution is 2.17. The monoisotopic (exact) mass is 247 g/mol. The van der Waals surface area contributed by atoms with Gasteiger partial charge in [-0.2, -0.15) is 5.26 Å². The van der Waals surface area contributed by atoms with Crippen molar-refractivity contribution < 1.29 is 4.74 Å². The van der Waals surface area contributed by atoms with Gasteiger partial charge in [0.05, 0.1) is 18.5 Å². The quantitative estimate of drug-likeness (QED) is 0.715. The van der Waals surface area contributed by atoms with E-state index in [1.165, 1.54) is 31.9 Å². The molecular weight excluding hydrogens is 226 g/mol. The number of nitrogen functional groups attached to an aromatic ring is 1. The molecule has 1 aromatic rings. The summed E-state index contributed by atoms with van der Waals surface area (Å²) in [5.74, 6) is 0.389. The molecule has 0 aliphatic heterocycles. The highest BCUT2D eigenvalue weighted by atomic mass is 16.5. The van der Waals surface area contributed by atoms with Gasteiger partial charge >= 0.3 is 0 Å². The number of aromatic nitrogens is 1. The van der Waals surface area contributed by atoms with Crippen molar-refractivity contribution in [3.8, 4) is 11.9 Å². The molecule has 1 rings (SSSR count). The molecule has 1 aromatic heterocycles. The Hall–Kier alpha value is -1.76. The number of ether oxygens (including phenoxy) is 1. The number of nitriles is 1. The Bertz CT molecular complexity index is 399. The first-order chi connectivity index (χ1) is 8.77. The van der Waals surface area contributed by atoms with Crippen LogP contribution in [0.15, 0.2) is 12.3 Å². The second-order valence-electron chi connectivity index (χ2n) is 4.35. The number of anilines is 1. The van der Waals surface area contributed by atoms with Crippen LogP contribution in [0.25, 0.3) is 0 Å². The molecule has 0 amide bonds. The largest absolute Gasteiger partial charge is 0.477 e. The number of rotatable bonds is 8. The van der Waals surface area contributed by atoms with Crippen LogP contribution in [-0.4, -0.2) is 11.6 Å². The van der Waals surface area contributed by atoms with E-state index in [9.17, 15) is 0 Å². The molecule has 0 saturated heterocycles. The fourth-order valence-electron chi connectivity index (χ4n) is 1.71. The zero-order chi connectivity index (χ0) is 13.2. The van der Waals surface area contributed by atoms with Gasteiger partial charge in [-0.05, 0) is 12.5 Å². The summed E-state index contributed by atoms with van der Waals surface area (Å²) < 4.78 is 5.50. The molecule has 0 radical (unpaired) electrons. The molecule has 0 aromatic carbocycles. The van der Waals surface area contributed by atoms with Crippen LogP contribution >= 0.6 is 0 Å². The standard InChI is InChI=1S/C14H21N3O/c1-2-3-4-5-6-7-8-18-14-12(10-15)9-13(16)11-17-14/h9,11H,2-8,16H2,1H3. The Balaban J connectivity index is 2.25. The molecule has 0 aliphatic rings. The lowest BCUT2D eigenvalue weighted by Crippen LogP contribution is -2.02. The molecule has 98 valence electrons. The third-order valence-electron chi connectivity index (χ3n) is 2.73. The molecule has 0 atom stereocenters. The van der Waals surface area contributed by atoms with Gasteiger partial charge < -0.3 is 10.5 Å². The Morgan fingerprint density at radius 3 is 2.72 bits per heavy atom. The molecule has 18 heavy (non-hydrogen) atoms. The Labute approximate surface area is 109 Å². The fraction of sp³-hybridized carbons (Fsp3) is 0.571. The first kappa shape index (κ1) is 14.3. The molecule has 4 nitrogen and oxygen atoms in total. The third-order valence-corrected chi connectivity index (χ3v) is 2.73. The molecule has 4 heteroatoms. The maximum atomic E-state index is 8.92. The molecule has 0 saturated carbocycles. The van der Waals surface area contributed by atoms with Crippen molar-refractivity contribution in [3.05, 3.63) is 17.8 Å². The van der Waals surface area contributed by atoms with Crippen molar-refractivity contribution in [2.24, 2.45) is 0 Å². The minimum absolute atomic E-state index is 0.389. The van der Waals surface area contributed by atoms with Gasteiger partial charge in [-0.3, -0.25) is 0 Å². The lowest BCUT2D eigenvalue weighted by atomic mass is 10.1. The zero-order valence-corrected chi connectivity index (χ0v) is 11.0. The van der Waals surface area contributed by atoms with Gasteiger partial charge in [0, 0.05) is 0 Å². The van der Waals surface area contributed by atoms with E-state index in [-0.39, 0.29) is 0 Å². The van der Waals surface area contributed by atoms with Crippen LogP contribution in [0.3, 0.4) is 0 Å². The summed E-state index contributed by atoms with van der Waals surface area (Å²) in [7, 11) is 0. The number of nitrogens with zero attached hydrogens (tertiary/aromatic N) is 2. The SMILES string of the molecule is CCCCCCCCOc1ncc(N)cc1C#N. The van der Waals surface area contributed by atoms with Crippen molar-refractivity contribution in [3.63, 3.8) is 0 Å². The first-order valence-corrected chi connectivity index (χ1v) is 6.56. The molecular formula is C14H21N3O. The lowest BCUT2D eigenvalue weighted by Gasteiger charge is -2.06. The van der Waals surface area contributed by atoms with Gasteiger partial charge in [-0.15, -0.1) is 0 Å². The van der Waals surface area contributed by atoms with Crippen molar-refractivity contribution in [1.82, 2.24) is 4.98 Å². The molecule has 2 N–H and O–H groups in total. The topological polar surface area (TPSA) is 71.9 Å². The normalized spacial score (nSPS) is 10.0. The highest BCUT2D eigenvalue weighted by molar-refractivity contribution is 5.48. The van der Waals surface area contributed by atoms with E-state index in [0.717, 1.165) is 12.8 Å². The molecule has 0 bridgehead atoms. The zero-order valence-electron chi connectivity index (χ0n) is 11.0. The molecule has 0 unspecified atom stereocenters. The van der Waals surface area contributed by atoms with Gasteiger partial charge in [0.15, 0.2) is 0 Å². The van der Waals surface area contributed by atoms with Crippen molar-refractivity contribution in [2.75, 3.05) is 12.3 Å². The second-order valence-corrected chi connectivity index (χ2v) is 4.35. The lowest BCUT2D eigenvalue weighted by molar-refractivity contribution is 0.292. The predicted molar refractivity (Wildman–Crippen MR) is 72.2 cm³/mol. The van der Waals surface area contributed by atoms with Crippen molar-refractivity contribution in [2.45, 2.75) is 45.4 Å². The number of hydrogen-bond donors (Lipinski definition) is 1. The summed E-state index contributed by atoms with van der Waals surface area (Å²) in [4.78, 5) is 4.03. The van der Waals surface area contributed by atoms with Crippen LogP contribution in [0.2, 0.25) is 0 Å². The average Bonchev–Trinajstić information content (AvgIpc) is 2.39. The highest BCUT2D eigenvalue weighted by Gasteiger charge is 2.05. The number of pyridine rings is 1. The van der Waals surface area contributed by atoms with Crippen LogP contribution in [0.4, 0.5) is 5.69 Å². The second kappa shape index (κ2) is 8.35. The maximum absolute atomic E-state index is 8.92. The van der Waals surface area contributed by atoms with E-state index in [1.807, 2.05) is 6.07 Å². The Morgan fingerprint density at radius 1 is 1.28 bits per heavy atom. The van der Waals surface area contributed by atoms with E-state index in [0.29, 0.717) is 23.7 Å². The summed E-state index contributed by atoms with van der Waals surface area (Å²) in [6.07, 6.45) is 8.78. The van der Waals surface area contributed by atoms with E-state index in [2.05, 4.69) is 11.9 Å². The van der Waals surface area contributed by atoms with Crippen LogP contribution in [0.1, 0.15) is 51.0 Å². The molecule has 0 fully saturated rings. The number of hydrogen-bond acceptors (Lipinski definition) is 4. The Kier molecular flexibility index (Phi) is 6.63. The summed E-state index contributed by atoms with van der Waals surface area (Å²) in [6, 6.07) is 3.62. The molecule has 0 spiro atoms. The number of unbranched alkanes of at least 4 members (excludes halogenated alkanes) is 5. The van der Waals surface area contributed by atoms with Crippen LogP contribution in [-0.2, 0) is 0 Å². The van der Waals surface area contributed by atoms with Crippen molar-refractivity contribution in [1.29, 1.82) is 5.26 Å². The maximum Gasteiger partial charge on any atom is 0.231 e. The first-order valence-electron chi connectivity index (χ1n) is 6.56. The minimum atomic E-state index is 0.389. The minimum Gasteiger partial charge on any atom is -0.477 e. The summed E-state index contributed by atoms with van der Waals surface area (Å²) in [5, 5.41) is 8.92. The van der Waals surface area contributed by atoms with Gasteiger partial charge in [0.2, 0.25) is 5.88 Å². The van der Waals surface area contributed by atoms with Crippen molar-refractivity contribution >= 4 is 5.69 Å². The van der Waals surface area contributed by atoms with Gasteiger partial charge in [-0.25, -0.2) is 4.98 Å². The van der Waals surface area contributed by atoms with Crippen LogP contribution in [0, 0.1) is 11.3 Å². The van der Waals surface area contributed by atoms with Crippen LogP contribution in [0.5, 0.6) is 5.88 Å². The van der Waals surface area contributed by atoms with Crippen LogP contribution < -0.4 is 10.5 Å². The molecule has 0 aliphatic carbocycles. The molecule has 1 heterocycles. The van der Waals surface area contributed by atoms with E-state index < -0.39 is 0 Å². The van der Waals surface area contributed by atoms with Gasteiger partial charge in [-0.1, -0.05) is 39.0 Å².